The number of carbonyl (C=O) groups is 4. The van der Waals surface area contributed by atoms with Crippen LogP contribution < -0.4 is 16.0 Å². The Morgan fingerprint density at radius 1 is 1.12 bits per heavy atom. The molecule has 0 bridgehead atoms. The van der Waals surface area contributed by atoms with Crippen LogP contribution in [0.3, 0.4) is 0 Å². The lowest BCUT2D eigenvalue weighted by molar-refractivity contribution is -0.131. The van der Waals surface area contributed by atoms with Gasteiger partial charge in [-0.25, -0.2) is 0 Å². The number of aliphatic hydroxyl groups excluding tert-OH is 1. The number of H-pyrrole nitrogens is 1. The van der Waals surface area contributed by atoms with Crippen molar-refractivity contribution in [2.24, 2.45) is 11.8 Å². The number of aliphatic hydroxyl groups is 1. The van der Waals surface area contributed by atoms with Gasteiger partial charge in [-0.2, -0.15) is 0 Å². The maximum atomic E-state index is 13.1. The van der Waals surface area contributed by atoms with E-state index < -0.39 is 42.2 Å². The summed E-state index contributed by atoms with van der Waals surface area (Å²) in [6, 6.07) is 5.15. The van der Waals surface area contributed by atoms with Gasteiger partial charge in [0, 0.05) is 17.8 Å². The third-order valence-corrected chi connectivity index (χ3v) is 6.60. The molecule has 2 aliphatic rings. The minimum Gasteiger partial charge on any atom is -0.389 e. The minimum atomic E-state index is -0.998. The number of nitrogens with one attached hydrogen (secondary N) is 4. The van der Waals surface area contributed by atoms with Gasteiger partial charge in [0.05, 0.1) is 16.6 Å². The lowest BCUT2D eigenvalue weighted by Gasteiger charge is -2.23. The highest BCUT2D eigenvalue weighted by molar-refractivity contribution is 6.35. The van der Waals surface area contributed by atoms with Gasteiger partial charge in [0.25, 0.3) is 5.91 Å². The highest BCUT2D eigenvalue weighted by atomic mass is 35.5. The van der Waals surface area contributed by atoms with Crippen LogP contribution in [0.5, 0.6) is 0 Å². The predicted molar refractivity (Wildman–Crippen MR) is 122 cm³/mol. The molecule has 2 unspecified atom stereocenters. The van der Waals surface area contributed by atoms with Gasteiger partial charge in [-0.05, 0) is 37.3 Å². The average molecular weight is 475 g/mol. The normalized spacial score (nSPS) is 19.7. The van der Waals surface area contributed by atoms with E-state index in [-0.39, 0.29) is 18.0 Å². The predicted octanol–water partition coefficient (Wildman–Crippen LogP) is 1.29. The molecule has 0 spiro atoms. The molecule has 10 heteroatoms. The molecular weight excluding hydrogens is 448 g/mol. The Labute approximate surface area is 195 Å². The van der Waals surface area contributed by atoms with Crippen LogP contribution in [0.1, 0.15) is 42.6 Å². The molecule has 176 valence electrons. The second-order valence-corrected chi connectivity index (χ2v) is 9.20. The average Bonchev–Trinajstić information content (AvgIpc) is 3.35. The number of halogens is 1. The maximum absolute atomic E-state index is 13.1. The molecule has 0 radical (unpaired) electrons. The molecule has 2 aromatic rings. The number of aromatic amines is 1. The van der Waals surface area contributed by atoms with Crippen molar-refractivity contribution in [1.29, 1.82) is 0 Å². The Hall–Kier alpha value is -2.91. The maximum Gasteiger partial charge on any atom is 0.268 e. The Morgan fingerprint density at radius 3 is 2.55 bits per heavy atom. The number of amides is 3. The molecule has 2 heterocycles. The van der Waals surface area contributed by atoms with Crippen LogP contribution in [-0.2, 0) is 14.4 Å². The summed E-state index contributed by atoms with van der Waals surface area (Å²) in [7, 11) is 0. The van der Waals surface area contributed by atoms with Crippen LogP contribution in [0, 0.1) is 11.8 Å². The van der Waals surface area contributed by atoms with Gasteiger partial charge in [-0.15, -0.1) is 0 Å². The van der Waals surface area contributed by atoms with Crippen LogP contribution in [0.15, 0.2) is 24.3 Å². The number of hydrogen-bond donors (Lipinski definition) is 5. The van der Waals surface area contributed by atoms with Crippen molar-refractivity contribution >= 4 is 46.0 Å². The van der Waals surface area contributed by atoms with Gasteiger partial charge in [0.2, 0.25) is 11.8 Å². The molecule has 1 aliphatic carbocycles. The number of ketones is 1. The largest absolute Gasteiger partial charge is 0.389 e. The number of benzene rings is 1. The molecular formula is C23H27ClN4O5. The SMILES string of the molecule is O=C(NC(CC1CC1)C(=O)NC(C[C@@H]1CCNC1=O)C(=O)CO)c1cc2cccc(Cl)c2[nH]1. The first-order chi connectivity index (χ1) is 15.9. The van der Waals surface area contributed by atoms with Crippen LogP contribution in [0.4, 0.5) is 0 Å². The van der Waals surface area contributed by atoms with Crippen molar-refractivity contribution in [1.82, 2.24) is 20.9 Å². The number of para-hydroxylation sites is 1. The molecule has 3 atom stereocenters. The number of carbonyl (C=O) groups excluding carboxylic acids is 4. The van der Waals surface area contributed by atoms with Crippen molar-refractivity contribution in [3.63, 3.8) is 0 Å². The summed E-state index contributed by atoms with van der Waals surface area (Å²) in [6.07, 6.45) is 3.07. The first-order valence-electron chi connectivity index (χ1n) is 11.2. The quantitative estimate of drug-likeness (QED) is 0.353. The highest BCUT2D eigenvalue weighted by Gasteiger charge is 2.35. The molecule has 33 heavy (non-hydrogen) atoms. The zero-order chi connectivity index (χ0) is 23.5. The van der Waals surface area contributed by atoms with Gasteiger partial charge < -0.3 is 26.0 Å². The van der Waals surface area contributed by atoms with E-state index >= 15 is 0 Å². The van der Waals surface area contributed by atoms with E-state index in [0.717, 1.165) is 18.2 Å². The number of aromatic nitrogens is 1. The smallest absolute Gasteiger partial charge is 0.268 e. The molecule has 2 fully saturated rings. The molecule has 1 aliphatic heterocycles. The second kappa shape index (κ2) is 9.93. The van der Waals surface area contributed by atoms with E-state index in [0.29, 0.717) is 35.8 Å². The van der Waals surface area contributed by atoms with Crippen LogP contribution >= 0.6 is 11.6 Å². The van der Waals surface area contributed by atoms with E-state index in [1.54, 1.807) is 18.2 Å². The highest BCUT2D eigenvalue weighted by Crippen LogP contribution is 2.34. The molecule has 1 aromatic heterocycles. The van der Waals surface area contributed by atoms with Crippen LogP contribution in [0.25, 0.3) is 10.9 Å². The molecule has 3 amide bonds. The number of fused-ring (bicyclic) bond motifs is 1. The molecule has 5 N–H and O–H groups in total. The first kappa shape index (κ1) is 23.3. The first-order valence-corrected chi connectivity index (χ1v) is 11.5. The molecule has 1 saturated carbocycles. The van der Waals surface area contributed by atoms with E-state index in [1.165, 1.54) is 0 Å². The van der Waals surface area contributed by atoms with Gasteiger partial charge in [-0.1, -0.05) is 36.6 Å². The third-order valence-electron chi connectivity index (χ3n) is 6.28. The summed E-state index contributed by atoms with van der Waals surface area (Å²) in [6.45, 7) is -0.221. The lowest BCUT2D eigenvalue weighted by atomic mass is 9.95. The van der Waals surface area contributed by atoms with E-state index in [9.17, 15) is 24.3 Å². The molecule has 1 aromatic carbocycles. The fourth-order valence-corrected chi connectivity index (χ4v) is 4.43. The topological polar surface area (TPSA) is 140 Å². The van der Waals surface area contributed by atoms with Crippen LogP contribution in [0.2, 0.25) is 5.02 Å². The Morgan fingerprint density at radius 2 is 1.91 bits per heavy atom. The third kappa shape index (κ3) is 5.54. The van der Waals surface area contributed by atoms with Crippen molar-refractivity contribution in [3.05, 3.63) is 35.0 Å². The van der Waals surface area contributed by atoms with Crippen LogP contribution in [-0.4, -0.2) is 58.8 Å². The van der Waals surface area contributed by atoms with Gasteiger partial charge in [0.1, 0.15) is 18.3 Å². The molecule has 9 nitrogen and oxygen atoms in total. The van der Waals surface area contributed by atoms with Gasteiger partial charge >= 0.3 is 0 Å². The summed E-state index contributed by atoms with van der Waals surface area (Å²) in [4.78, 5) is 53.2. The molecule has 4 rings (SSSR count). The van der Waals surface area contributed by atoms with Crippen molar-refractivity contribution in [2.75, 3.05) is 13.2 Å². The Kier molecular flexibility index (Phi) is 6.99. The molecule has 1 saturated heterocycles. The standard InChI is InChI=1S/C23H27ClN4O5/c24-15-3-1-2-13-9-18(26-20(13)15)23(33)28-17(8-12-4-5-12)22(32)27-16(19(30)11-29)10-14-6-7-25-21(14)31/h1-3,9,12,14,16-17,26,29H,4-8,10-11H2,(H,25,31)(H,27,32)(H,28,33)/t14-,16?,17?/m0/s1. The van der Waals surface area contributed by atoms with Crippen molar-refractivity contribution in [3.8, 4) is 0 Å². The van der Waals surface area contributed by atoms with E-state index in [4.69, 9.17) is 11.6 Å². The number of rotatable bonds is 10. The summed E-state index contributed by atoms with van der Waals surface area (Å²) in [5.74, 6) is -1.77. The lowest BCUT2D eigenvalue weighted by Crippen LogP contribution is -2.53. The second-order valence-electron chi connectivity index (χ2n) is 8.79. The van der Waals surface area contributed by atoms with Gasteiger partial charge in [0.15, 0.2) is 5.78 Å². The fraction of sp³-hybridized carbons (Fsp3) is 0.478. The summed E-state index contributed by atoms with van der Waals surface area (Å²) in [5, 5.41) is 18.8. The minimum absolute atomic E-state index is 0.113. The summed E-state index contributed by atoms with van der Waals surface area (Å²) in [5.41, 5.74) is 0.910. The zero-order valence-corrected chi connectivity index (χ0v) is 18.8. The number of Topliss-reactive ketones (excluding diaryl/α,β-unsaturated/α-hetero) is 1. The summed E-state index contributed by atoms with van der Waals surface area (Å²) >= 11 is 6.18. The Bertz CT molecular complexity index is 1080. The van der Waals surface area contributed by atoms with Gasteiger partial charge in [-0.3, -0.25) is 19.2 Å². The van der Waals surface area contributed by atoms with E-state index in [1.807, 2.05) is 6.07 Å². The Balaban J connectivity index is 1.47. The van der Waals surface area contributed by atoms with Crippen molar-refractivity contribution in [2.45, 2.75) is 44.2 Å². The fourth-order valence-electron chi connectivity index (χ4n) is 4.20. The monoisotopic (exact) mass is 474 g/mol. The summed E-state index contributed by atoms with van der Waals surface area (Å²) < 4.78 is 0. The van der Waals surface area contributed by atoms with Crippen molar-refractivity contribution < 1.29 is 24.3 Å². The number of hydrogen-bond acceptors (Lipinski definition) is 5. The zero-order valence-electron chi connectivity index (χ0n) is 18.0. The van der Waals surface area contributed by atoms with E-state index in [2.05, 4.69) is 20.9 Å².